The molecule has 112 valence electrons. The van der Waals surface area contributed by atoms with Crippen LogP contribution in [-0.4, -0.2) is 32.6 Å². The summed E-state index contributed by atoms with van der Waals surface area (Å²) in [6, 6.07) is 3.63. The van der Waals surface area contributed by atoms with Crippen LogP contribution in [0.2, 0.25) is 0 Å². The highest BCUT2D eigenvalue weighted by Gasteiger charge is 2.36. The van der Waals surface area contributed by atoms with Crippen molar-refractivity contribution < 1.29 is 9.21 Å². The lowest BCUT2D eigenvalue weighted by Crippen LogP contribution is -2.32. The molecule has 2 aromatic rings. The predicted octanol–water partition coefficient (Wildman–Crippen LogP) is 2.21. The van der Waals surface area contributed by atoms with E-state index < -0.39 is 0 Å². The topological polar surface area (TPSA) is 64.2 Å². The molecular formula is C15H20N4O2. The van der Waals surface area contributed by atoms with E-state index >= 15 is 0 Å². The molecule has 0 bridgehead atoms. The molecule has 0 aliphatic heterocycles. The number of carbonyl (C=O) groups excluding carboxylic acids is 1. The number of likely N-dealkylation sites (N-methyl/N-ethyl adjacent to an activating group) is 1. The summed E-state index contributed by atoms with van der Waals surface area (Å²) in [4.78, 5) is 17.9. The standard InChI is InChI=1S/C15H20N4O2/c1-10-6-13(10)14-5-4-12(21-14)7-18(3)15(20)11(2)19-9-16-8-17-19/h4-5,8-11,13H,6-7H2,1-3H3/t10-,11-,13+/m1/s1. The highest BCUT2D eigenvalue weighted by atomic mass is 16.3. The summed E-state index contributed by atoms with van der Waals surface area (Å²) in [7, 11) is 1.78. The number of nitrogens with zero attached hydrogens (tertiary/aromatic N) is 4. The smallest absolute Gasteiger partial charge is 0.247 e. The van der Waals surface area contributed by atoms with E-state index in [4.69, 9.17) is 4.42 Å². The molecule has 0 saturated heterocycles. The molecule has 1 fully saturated rings. The normalized spacial score (nSPS) is 22.0. The van der Waals surface area contributed by atoms with Crippen molar-refractivity contribution in [1.82, 2.24) is 19.7 Å². The second-order valence-electron chi connectivity index (χ2n) is 5.87. The monoisotopic (exact) mass is 288 g/mol. The van der Waals surface area contributed by atoms with Crippen LogP contribution in [0.4, 0.5) is 0 Å². The van der Waals surface area contributed by atoms with E-state index in [0.717, 1.165) is 17.4 Å². The highest BCUT2D eigenvalue weighted by Crippen LogP contribution is 2.47. The third-order valence-electron chi connectivity index (χ3n) is 4.12. The zero-order valence-corrected chi connectivity index (χ0v) is 12.6. The molecule has 1 saturated carbocycles. The number of hydrogen-bond donors (Lipinski definition) is 0. The Bertz CT molecular complexity index is 619. The lowest BCUT2D eigenvalue weighted by atomic mass is 10.2. The zero-order chi connectivity index (χ0) is 15.0. The van der Waals surface area contributed by atoms with E-state index in [2.05, 4.69) is 17.0 Å². The van der Waals surface area contributed by atoms with Gasteiger partial charge in [0.25, 0.3) is 0 Å². The first-order chi connectivity index (χ1) is 10.1. The summed E-state index contributed by atoms with van der Waals surface area (Å²) < 4.78 is 7.39. The van der Waals surface area contributed by atoms with Gasteiger partial charge in [0, 0.05) is 13.0 Å². The molecule has 1 aliphatic rings. The van der Waals surface area contributed by atoms with Crippen molar-refractivity contribution >= 4 is 5.91 Å². The van der Waals surface area contributed by atoms with Crippen LogP contribution >= 0.6 is 0 Å². The van der Waals surface area contributed by atoms with Gasteiger partial charge >= 0.3 is 0 Å². The third kappa shape index (κ3) is 2.84. The van der Waals surface area contributed by atoms with Crippen LogP contribution in [-0.2, 0) is 11.3 Å². The third-order valence-corrected chi connectivity index (χ3v) is 4.12. The Kier molecular flexibility index (Phi) is 3.53. The lowest BCUT2D eigenvalue weighted by Gasteiger charge is -2.20. The van der Waals surface area contributed by atoms with Crippen LogP contribution < -0.4 is 0 Å². The van der Waals surface area contributed by atoms with Gasteiger partial charge in [-0.3, -0.25) is 4.79 Å². The molecule has 3 atom stereocenters. The molecule has 0 spiro atoms. The van der Waals surface area contributed by atoms with Crippen LogP contribution in [0.5, 0.6) is 0 Å². The Labute approximate surface area is 123 Å². The maximum Gasteiger partial charge on any atom is 0.247 e. The summed E-state index contributed by atoms with van der Waals surface area (Å²) in [5.41, 5.74) is 0. The van der Waals surface area contributed by atoms with Crippen LogP contribution in [0, 0.1) is 5.92 Å². The average Bonchev–Trinajstić information content (AvgIpc) is 2.92. The molecule has 3 rings (SSSR count). The fourth-order valence-electron chi connectivity index (χ4n) is 2.56. The second kappa shape index (κ2) is 5.35. The quantitative estimate of drug-likeness (QED) is 0.846. The number of amides is 1. The van der Waals surface area contributed by atoms with Crippen LogP contribution in [0.25, 0.3) is 0 Å². The van der Waals surface area contributed by atoms with Crippen molar-refractivity contribution in [1.29, 1.82) is 0 Å². The van der Waals surface area contributed by atoms with E-state index in [9.17, 15) is 4.79 Å². The van der Waals surface area contributed by atoms with Gasteiger partial charge in [-0.05, 0) is 31.4 Å². The van der Waals surface area contributed by atoms with Gasteiger partial charge in [0.2, 0.25) is 5.91 Å². The molecule has 0 N–H and O–H groups in total. The van der Waals surface area contributed by atoms with Crippen molar-refractivity contribution in [2.24, 2.45) is 5.92 Å². The largest absolute Gasteiger partial charge is 0.464 e. The minimum Gasteiger partial charge on any atom is -0.464 e. The molecule has 6 heteroatoms. The van der Waals surface area contributed by atoms with Crippen molar-refractivity contribution in [3.05, 3.63) is 36.3 Å². The van der Waals surface area contributed by atoms with Gasteiger partial charge in [0.05, 0.1) is 6.54 Å². The molecule has 0 radical (unpaired) electrons. The summed E-state index contributed by atoms with van der Waals surface area (Å²) in [6.45, 7) is 4.51. The number of rotatable bonds is 5. The summed E-state index contributed by atoms with van der Waals surface area (Å²) in [5.74, 6) is 3.14. The zero-order valence-electron chi connectivity index (χ0n) is 12.6. The molecule has 0 unspecified atom stereocenters. The SMILES string of the molecule is C[C@@H]1C[C@@H]1c1ccc(CN(C)C(=O)[C@@H](C)n2cncn2)o1. The first-order valence-corrected chi connectivity index (χ1v) is 7.24. The minimum atomic E-state index is -0.365. The maximum atomic E-state index is 12.3. The Balaban J connectivity index is 1.61. The minimum absolute atomic E-state index is 0.0155. The molecule has 21 heavy (non-hydrogen) atoms. The number of hydrogen-bond acceptors (Lipinski definition) is 4. The Hall–Kier alpha value is -2.11. The van der Waals surface area contributed by atoms with E-state index in [-0.39, 0.29) is 11.9 Å². The van der Waals surface area contributed by atoms with Crippen molar-refractivity contribution in [3.63, 3.8) is 0 Å². The molecule has 2 aromatic heterocycles. The lowest BCUT2D eigenvalue weighted by molar-refractivity contribution is -0.134. The second-order valence-corrected chi connectivity index (χ2v) is 5.87. The predicted molar refractivity (Wildman–Crippen MR) is 76.4 cm³/mol. The Morgan fingerprint density at radius 3 is 2.95 bits per heavy atom. The van der Waals surface area contributed by atoms with Gasteiger partial charge in [-0.2, -0.15) is 5.10 Å². The number of furan rings is 1. The molecule has 0 aromatic carbocycles. The fourth-order valence-corrected chi connectivity index (χ4v) is 2.56. The first kappa shape index (κ1) is 13.9. The summed E-state index contributed by atoms with van der Waals surface area (Å²) in [6.07, 6.45) is 4.18. The Morgan fingerprint density at radius 2 is 2.33 bits per heavy atom. The Morgan fingerprint density at radius 1 is 1.57 bits per heavy atom. The maximum absolute atomic E-state index is 12.3. The first-order valence-electron chi connectivity index (χ1n) is 7.24. The average molecular weight is 288 g/mol. The van der Waals surface area contributed by atoms with E-state index in [0.29, 0.717) is 12.5 Å². The van der Waals surface area contributed by atoms with Gasteiger partial charge in [-0.25, -0.2) is 9.67 Å². The van der Waals surface area contributed by atoms with Crippen molar-refractivity contribution in [3.8, 4) is 0 Å². The van der Waals surface area contributed by atoms with Crippen molar-refractivity contribution in [2.75, 3.05) is 7.05 Å². The summed E-state index contributed by atoms with van der Waals surface area (Å²) >= 11 is 0. The van der Waals surface area contributed by atoms with E-state index in [1.165, 1.54) is 12.7 Å². The van der Waals surface area contributed by atoms with Crippen LogP contribution in [0.1, 0.15) is 43.7 Å². The molecule has 1 aliphatic carbocycles. The van der Waals surface area contributed by atoms with Crippen molar-refractivity contribution in [2.45, 2.75) is 38.8 Å². The number of carbonyl (C=O) groups is 1. The van der Waals surface area contributed by atoms with Gasteiger partial charge in [-0.15, -0.1) is 0 Å². The van der Waals surface area contributed by atoms with Gasteiger partial charge < -0.3 is 9.32 Å². The van der Waals surface area contributed by atoms with Gasteiger partial charge in [0.15, 0.2) is 0 Å². The van der Waals surface area contributed by atoms with Crippen LogP contribution in [0.3, 0.4) is 0 Å². The fraction of sp³-hybridized carbons (Fsp3) is 0.533. The molecule has 1 amide bonds. The van der Waals surface area contributed by atoms with Gasteiger partial charge in [-0.1, -0.05) is 6.92 Å². The molecule has 2 heterocycles. The summed E-state index contributed by atoms with van der Waals surface area (Å²) in [5, 5.41) is 4.01. The van der Waals surface area contributed by atoms with Crippen LogP contribution in [0.15, 0.2) is 29.2 Å². The molecular weight excluding hydrogens is 268 g/mol. The highest BCUT2D eigenvalue weighted by molar-refractivity contribution is 5.79. The van der Waals surface area contributed by atoms with E-state index in [1.54, 1.807) is 23.0 Å². The van der Waals surface area contributed by atoms with E-state index in [1.807, 2.05) is 19.1 Å². The molecule has 6 nitrogen and oxygen atoms in total. The van der Waals surface area contributed by atoms with Gasteiger partial charge in [0.1, 0.15) is 30.2 Å². The number of aromatic nitrogens is 3.